The van der Waals surface area contributed by atoms with Gasteiger partial charge in [0.2, 0.25) is 21.9 Å². The van der Waals surface area contributed by atoms with Crippen LogP contribution in [0.15, 0.2) is 47.5 Å². The average molecular weight is 653 g/mol. The van der Waals surface area contributed by atoms with Gasteiger partial charge in [-0.1, -0.05) is 0 Å². The second-order valence-electron chi connectivity index (χ2n) is 9.64. The topological polar surface area (TPSA) is 165 Å². The minimum Gasteiger partial charge on any atom is -0.479 e. The molecule has 0 bridgehead atoms. The maximum Gasteiger partial charge on any atom is 0.239 e. The van der Waals surface area contributed by atoms with Crippen LogP contribution in [0, 0.1) is 0 Å². The Balaban J connectivity index is 1.38. The van der Waals surface area contributed by atoms with Crippen LogP contribution in [0.25, 0.3) is 22.2 Å². The molecule has 0 radical (unpaired) electrons. The van der Waals surface area contributed by atoms with E-state index in [0.29, 0.717) is 38.6 Å². The first-order valence-electron chi connectivity index (χ1n) is 12.7. The molecule has 14 nitrogen and oxygen atoms in total. The molecule has 0 aliphatic carbocycles. The van der Waals surface area contributed by atoms with Crippen LogP contribution in [0.1, 0.15) is 5.69 Å². The van der Waals surface area contributed by atoms with E-state index in [-0.39, 0.29) is 11.6 Å². The van der Waals surface area contributed by atoms with Crippen molar-refractivity contribution in [2.24, 2.45) is 7.05 Å². The Bertz CT molecular complexity index is 1950. The van der Waals surface area contributed by atoms with E-state index < -0.39 is 10.0 Å². The van der Waals surface area contributed by atoms with Gasteiger partial charge < -0.3 is 20.3 Å². The molecule has 0 spiro atoms. The van der Waals surface area contributed by atoms with Crippen LogP contribution in [-0.4, -0.2) is 70.1 Å². The van der Waals surface area contributed by atoms with E-state index in [9.17, 15) is 8.42 Å². The Morgan fingerprint density at radius 3 is 2.60 bits per heavy atom. The van der Waals surface area contributed by atoms with E-state index in [0.717, 1.165) is 41.9 Å². The van der Waals surface area contributed by atoms with Gasteiger partial charge in [-0.05, 0) is 34.1 Å². The van der Waals surface area contributed by atoms with Crippen LogP contribution in [-0.2, 0) is 23.5 Å². The summed E-state index contributed by atoms with van der Waals surface area (Å²) < 4.78 is 35.0. The van der Waals surface area contributed by atoms with Crippen molar-refractivity contribution in [1.82, 2.24) is 34.7 Å². The zero-order chi connectivity index (χ0) is 29.6. The Morgan fingerprint density at radius 2 is 1.81 bits per heavy atom. The van der Waals surface area contributed by atoms with Crippen LogP contribution in [0.2, 0.25) is 0 Å². The largest absolute Gasteiger partial charge is 0.479 e. The number of halogens is 1. The summed E-state index contributed by atoms with van der Waals surface area (Å²) in [6.07, 6.45) is 8.36. The lowest BCUT2D eigenvalue weighted by Gasteiger charge is -2.20. The van der Waals surface area contributed by atoms with Gasteiger partial charge >= 0.3 is 0 Å². The Kier molecular flexibility index (Phi) is 7.02. The molecule has 42 heavy (non-hydrogen) atoms. The van der Waals surface area contributed by atoms with Crippen molar-refractivity contribution in [3.8, 4) is 17.0 Å². The fourth-order valence-corrected chi connectivity index (χ4v) is 5.65. The number of rotatable bonds is 7. The van der Waals surface area contributed by atoms with Crippen molar-refractivity contribution < 1.29 is 13.2 Å². The summed E-state index contributed by atoms with van der Waals surface area (Å²) in [5, 5.41) is 10.9. The van der Waals surface area contributed by atoms with Gasteiger partial charge in [0, 0.05) is 62.5 Å². The van der Waals surface area contributed by atoms with Gasteiger partial charge in [0.1, 0.15) is 22.8 Å². The highest BCUT2D eigenvalue weighted by molar-refractivity contribution is 9.10. The number of ether oxygens (including phenoxy) is 1. The lowest BCUT2D eigenvalue weighted by atomic mass is 10.1. The van der Waals surface area contributed by atoms with Crippen LogP contribution >= 0.6 is 15.9 Å². The predicted octanol–water partition coefficient (Wildman–Crippen LogP) is 3.84. The molecule has 5 heterocycles. The maximum absolute atomic E-state index is 12.2. The summed E-state index contributed by atoms with van der Waals surface area (Å²) in [5.41, 5.74) is 5.18. The second kappa shape index (κ2) is 10.7. The summed E-state index contributed by atoms with van der Waals surface area (Å²) in [6.45, 7) is 0.782. The van der Waals surface area contributed by atoms with Crippen molar-refractivity contribution in [1.29, 1.82) is 0 Å². The standard InChI is InChI=1S/C26H26BrN11O3S/c1-37-10-7-20-15(12-31-38(20)2)14-11-19(25(41-3)35-24(14)37)33-26-30-13-16(27)23(34-26)32-18-6-5-17-21(29-9-8-28-17)22(18)36-42(4,39)40/h5-6,8-9,11-13,36H,7,10H2,1-4H3,(H2,30,32,33,34). The number of aromatic nitrogens is 7. The molecule has 16 heteroatoms. The second-order valence-corrected chi connectivity index (χ2v) is 12.2. The number of nitrogens with one attached hydrogen (secondary N) is 3. The van der Waals surface area contributed by atoms with Gasteiger partial charge in [-0.25, -0.2) is 13.4 Å². The SMILES string of the molecule is COc1nc2c(cc1Nc1ncc(Br)c(Nc3ccc4nccnc4c3NS(C)(=O)=O)n1)-c1cnn(C)c1CCN2C. The fourth-order valence-electron chi connectivity index (χ4n) is 4.78. The van der Waals surface area contributed by atoms with Gasteiger partial charge in [-0.3, -0.25) is 19.4 Å². The monoisotopic (exact) mass is 651 g/mol. The molecule has 216 valence electrons. The molecular weight excluding hydrogens is 626 g/mol. The first-order valence-corrected chi connectivity index (χ1v) is 15.4. The number of benzene rings is 1. The summed E-state index contributed by atoms with van der Waals surface area (Å²) in [5.74, 6) is 1.80. The smallest absolute Gasteiger partial charge is 0.239 e. The van der Waals surface area contributed by atoms with Crippen LogP contribution in [0.3, 0.4) is 0 Å². The molecule has 0 amide bonds. The molecule has 0 fully saturated rings. The zero-order valence-corrected chi connectivity index (χ0v) is 25.4. The third-order valence-corrected chi connectivity index (χ3v) is 7.89. The van der Waals surface area contributed by atoms with E-state index in [2.05, 4.69) is 61.2 Å². The summed E-state index contributed by atoms with van der Waals surface area (Å²) in [7, 11) is 1.86. The number of likely N-dealkylation sites (N-methyl/N-ethyl adjacent to an activating group) is 1. The van der Waals surface area contributed by atoms with Gasteiger partial charge in [0.05, 0.1) is 40.9 Å². The quantitative estimate of drug-likeness (QED) is 0.233. The van der Waals surface area contributed by atoms with Crippen LogP contribution in [0.5, 0.6) is 5.88 Å². The highest BCUT2D eigenvalue weighted by Crippen LogP contribution is 2.40. The number of sulfonamides is 1. The van der Waals surface area contributed by atoms with Gasteiger partial charge in [0.25, 0.3) is 0 Å². The fraction of sp³-hybridized carbons (Fsp3) is 0.231. The molecule has 0 atom stereocenters. The molecular formula is C26H26BrN11O3S. The van der Waals surface area contributed by atoms with E-state index in [4.69, 9.17) is 9.72 Å². The minimum atomic E-state index is -3.63. The number of anilines is 6. The van der Waals surface area contributed by atoms with Crippen molar-refractivity contribution in [3.63, 3.8) is 0 Å². The summed E-state index contributed by atoms with van der Waals surface area (Å²) in [4.78, 5) is 24.6. The number of hydrogen-bond donors (Lipinski definition) is 3. The molecule has 1 aliphatic rings. The van der Waals surface area contributed by atoms with E-state index in [1.54, 1.807) is 25.4 Å². The van der Waals surface area contributed by atoms with E-state index in [1.807, 2.05) is 31.0 Å². The van der Waals surface area contributed by atoms with E-state index in [1.165, 1.54) is 12.4 Å². The molecule has 5 aromatic rings. The third-order valence-electron chi connectivity index (χ3n) is 6.73. The zero-order valence-electron chi connectivity index (χ0n) is 23.0. The predicted molar refractivity (Wildman–Crippen MR) is 164 cm³/mol. The van der Waals surface area contributed by atoms with Gasteiger partial charge in [-0.2, -0.15) is 15.1 Å². The Hall–Kier alpha value is -4.57. The number of pyridine rings is 1. The average Bonchev–Trinajstić information content (AvgIpc) is 3.26. The number of aryl methyl sites for hydroxylation is 1. The highest BCUT2D eigenvalue weighted by Gasteiger charge is 2.25. The highest BCUT2D eigenvalue weighted by atomic mass is 79.9. The maximum atomic E-state index is 12.2. The number of methoxy groups -OCH3 is 1. The van der Waals surface area contributed by atoms with Gasteiger partial charge in [0.15, 0.2) is 0 Å². The molecule has 0 saturated heterocycles. The molecule has 6 rings (SSSR count). The summed E-state index contributed by atoms with van der Waals surface area (Å²) >= 11 is 3.49. The van der Waals surface area contributed by atoms with Crippen LogP contribution in [0.4, 0.5) is 34.6 Å². The molecule has 1 aromatic carbocycles. The number of nitrogens with zero attached hydrogens (tertiary/aromatic N) is 8. The lowest BCUT2D eigenvalue weighted by molar-refractivity contribution is 0.400. The Morgan fingerprint density at radius 1 is 1.00 bits per heavy atom. The number of hydrogen-bond acceptors (Lipinski definition) is 12. The van der Waals surface area contributed by atoms with Crippen molar-refractivity contribution in [2.75, 3.05) is 47.2 Å². The van der Waals surface area contributed by atoms with Crippen molar-refractivity contribution in [2.45, 2.75) is 6.42 Å². The van der Waals surface area contributed by atoms with E-state index >= 15 is 0 Å². The normalized spacial score (nSPS) is 12.8. The molecule has 0 saturated carbocycles. The lowest BCUT2D eigenvalue weighted by Crippen LogP contribution is -2.21. The van der Waals surface area contributed by atoms with Crippen molar-refractivity contribution >= 4 is 71.6 Å². The first-order chi connectivity index (χ1) is 20.1. The number of fused-ring (bicyclic) bond motifs is 4. The molecule has 1 aliphatic heterocycles. The minimum absolute atomic E-state index is 0.246. The molecule has 4 aromatic heterocycles. The van der Waals surface area contributed by atoms with Crippen LogP contribution < -0.4 is 25.0 Å². The van der Waals surface area contributed by atoms with Gasteiger partial charge in [-0.15, -0.1) is 0 Å². The molecule has 0 unspecified atom stereocenters. The van der Waals surface area contributed by atoms with Crippen molar-refractivity contribution in [3.05, 3.63) is 53.2 Å². The first kappa shape index (κ1) is 27.6. The molecule has 3 N–H and O–H groups in total. The summed E-state index contributed by atoms with van der Waals surface area (Å²) in [6, 6.07) is 5.40. The third kappa shape index (κ3) is 5.25. The Labute approximate surface area is 249 Å².